The molecule has 4 nitrogen and oxygen atoms in total. The highest BCUT2D eigenvalue weighted by molar-refractivity contribution is 7.98. The summed E-state index contributed by atoms with van der Waals surface area (Å²) in [6, 6.07) is 13.7. The predicted octanol–water partition coefficient (Wildman–Crippen LogP) is 3.68. The number of nitrogens with one attached hydrogen (secondary N) is 1. The second-order valence-corrected chi connectivity index (χ2v) is 6.38. The minimum atomic E-state index is -0.180. The maximum Gasteiger partial charge on any atom is 0.258 e. The Balaban J connectivity index is 1.85. The first kappa shape index (κ1) is 18.2. The Kier molecular flexibility index (Phi) is 7.00. The van der Waals surface area contributed by atoms with Crippen LogP contribution in [0.2, 0.25) is 0 Å². The normalized spacial score (nSPS) is 10.3. The number of ether oxygens (including phenoxy) is 2. The fourth-order valence-electron chi connectivity index (χ4n) is 2.35. The quantitative estimate of drug-likeness (QED) is 0.742. The topological polar surface area (TPSA) is 47.6 Å². The van der Waals surface area contributed by atoms with Crippen LogP contribution in [0, 0.1) is 6.92 Å². The van der Waals surface area contributed by atoms with Gasteiger partial charge < -0.3 is 14.8 Å². The summed E-state index contributed by atoms with van der Waals surface area (Å²) in [5.41, 5.74) is 3.07. The van der Waals surface area contributed by atoms with E-state index in [9.17, 15) is 4.79 Å². The van der Waals surface area contributed by atoms with E-state index in [2.05, 4.69) is 30.4 Å². The van der Waals surface area contributed by atoms with E-state index in [1.165, 1.54) is 11.1 Å². The number of carbonyl (C=O) groups excluding carboxylic acids is 1. The number of methoxy groups -OCH3 is 2. The molecule has 0 aliphatic rings. The molecule has 1 amide bonds. The zero-order valence-corrected chi connectivity index (χ0v) is 15.1. The molecule has 0 bridgehead atoms. The Labute approximate surface area is 147 Å². The minimum absolute atomic E-state index is 0.180. The zero-order valence-electron chi connectivity index (χ0n) is 14.3. The molecule has 0 fully saturated rings. The highest BCUT2D eigenvalue weighted by atomic mass is 32.2. The molecule has 0 saturated carbocycles. The van der Waals surface area contributed by atoms with Crippen LogP contribution in [0.5, 0.6) is 11.5 Å². The summed E-state index contributed by atoms with van der Waals surface area (Å²) >= 11 is 1.80. The van der Waals surface area contributed by atoms with Gasteiger partial charge in [-0.1, -0.05) is 30.3 Å². The summed E-state index contributed by atoms with van der Waals surface area (Å²) in [6.45, 7) is 2.71. The molecule has 0 aliphatic carbocycles. The number of hydrogen-bond acceptors (Lipinski definition) is 4. The van der Waals surface area contributed by atoms with E-state index in [0.717, 1.165) is 11.5 Å². The highest BCUT2D eigenvalue weighted by Crippen LogP contribution is 2.27. The van der Waals surface area contributed by atoms with Crippen molar-refractivity contribution in [3.8, 4) is 11.5 Å². The molecule has 2 rings (SSSR count). The number of rotatable bonds is 8. The standard InChI is InChI=1S/C19H23NO3S/c1-14-7-4-5-8-15(14)13-24-12-11-20-19(21)18-16(22-2)9-6-10-17(18)23-3/h4-10H,11-13H2,1-3H3,(H,20,21). The maximum atomic E-state index is 12.4. The van der Waals surface area contributed by atoms with Crippen LogP contribution in [0.4, 0.5) is 0 Å². The van der Waals surface area contributed by atoms with Crippen LogP contribution < -0.4 is 14.8 Å². The molecule has 0 radical (unpaired) electrons. The lowest BCUT2D eigenvalue weighted by molar-refractivity contribution is 0.0950. The summed E-state index contributed by atoms with van der Waals surface area (Å²) in [6.07, 6.45) is 0. The molecule has 2 aromatic rings. The van der Waals surface area contributed by atoms with E-state index < -0.39 is 0 Å². The average Bonchev–Trinajstić information content (AvgIpc) is 2.61. The van der Waals surface area contributed by atoms with E-state index in [4.69, 9.17) is 9.47 Å². The molecule has 0 heterocycles. The molecular formula is C19H23NO3S. The average molecular weight is 345 g/mol. The van der Waals surface area contributed by atoms with Gasteiger partial charge in [-0.25, -0.2) is 0 Å². The largest absolute Gasteiger partial charge is 0.496 e. The SMILES string of the molecule is COc1cccc(OC)c1C(=O)NCCSCc1ccccc1C. The van der Waals surface area contributed by atoms with Gasteiger partial charge in [-0.15, -0.1) is 0 Å². The van der Waals surface area contributed by atoms with Crippen LogP contribution in [-0.2, 0) is 5.75 Å². The molecule has 5 heteroatoms. The van der Waals surface area contributed by atoms with E-state index in [-0.39, 0.29) is 5.91 Å². The number of hydrogen-bond donors (Lipinski definition) is 1. The first-order chi connectivity index (χ1) is 11.7. The lowest BCUT2D eigenvalue weighted by Gasteiger charge is -2.13. The highest BCUT2D eigenvalue weighted by Gasteiger charge is 2.17. The molecule has 24 heavy (non-hydrogen) atoms. The van der Waals surface area contributed by atoms with Crippen LogP contribution in [0.15, 0.2) is 42.5 Å². The Hall–Kier alpha value is -2.14. The number of amides is 1. The molecule has 1 N–H and O–H groups in total. The molecular weight excluding hydrogens is 322 g/mol. The smallest absolute Gasteiger partial charge is 0.258 e. The van der Waals surface area contributed by atoms with Crippen LogP contribution in [0.1, 0.15) is 21.5 Å². The Morgan fingerprint density at radius 3 is 2.33 bits per heavy atom. The molecule has 2 aromatic carbocycles. The van der Waals surface area contributed by atoms with Crippen LogP contribution in [-0.4, -0.2) is 32.4 Å². The Bertz CT molecular complexity index is 666. The monoisotopic (exact) mass is 345 g/mol. The minimum Gasteiger partial charge on any atom is -0.496 e. The number of benzene rings is 2. The van der Waals surface area contributed by atoms with Crippen molar-refractivity contribution in [1.29, 1.82) is 0 Å². The fraction of sp³-hybridized carbons (Fsp3) is 0.316. The summed E-state index contributed by atoms with van der Waals surface area (Å²) in [4.78, 5) is 12.4. The van der Waals surface area contributed by atoms with Crippen molar-refractivity contribution < 1.29 is 14.3 Å². The maximum absolute atomic E-state index is 12.4. The first-order valence-corrected chi connectivity index (χ1v) is 8.94. The predicted molar refractivity (Wildman–Crippen MR) is 99.2 cm³/mol. The molecule has 128 valence electrons. The first-order valence-electron chi connectivity index (χ1n) is 7.78. The van der Waals surface area contributed by atoms with Crippen molar-refractivity contribution in [2.75, 3.05) is 26.5 Å². The van der Waals surface area contributed by atoms with Gasteiger partial charge in [0.05, 0.1) is 14.2 Å². The van der Waals surface area contributed by atoms with Crippen molar-refractivity contribution in [2.24, 2.45) is 0 Å². The van der Waals surface area contributed by atoms with Crippen LogP contribution >= 0.6 is 11.8 Å². The molecule has 0 unspecified atom stereocenters. The third kappa shape index (κ3) is 4.68. The summed E-state index contributed by atoms with van der Waals surface area (Å²) < 4.78 is 10.5. The van der Waals surface area contributed by atoms with Crippen molar-refractivity contribution in [1.82, 2.24) is 5.32 Å². The van der Waals surface area contributed by atoms with Crippen molar-refractivity contribution >= 4 is 17.7 Å². The lowest BCUT2D eigenvalue weighted by atomic mass is 10.1. The van der Waals surface area contributed by atoms with Gasteiger partial charge in [0.15, 0.2) is 0 Å². The van der Waals surface area contributed by atoms with Gasteiger partial charge in [-0.2, -0.15) is 11.8 Å². The Morgan fingerprint density at radius 1 is 1.04 bits per heavy atom. The van der Waals surface area contributed by atoms with Gasteiger partial charge in [0.25, 0.3) is 5.91 Å². The van der Waals surface area contributed by atoms with Crippen molar-refractivity contribution in [3.05, 3.63) is 59.2 Å². The van der Waals surface area contributed by atoms with E-state index in [0.29, 0.717) is 23.6 Å². The van der Waals surface area contributed by atoms with Gasteiger partial charge in [-0.05, 0) is 30.2 Å². The van der Waals surface area contributed by atoms with Gasteiger partial charge in [-0.3, -0.25) is 4.79 Å². The van der Waals surface area contributed by atoms with Gasteiger partial charge in [0, 0.05) is 18.1 Å². The molecule has 0 atom stereocenters. The van der Waals surface area contributed by atoms with Crippen molar-refractivity contribution in [2.45, 2.75) is 12.7 Å². The molecule has 0 saturated heterocycles. The third-order valence-corrected chi connectivity index (χ3v) is 4.71. The summed E-state index contributed by atoms with van der Waals surface area (Å²) in [7, 11) is 3.09. The van der Waals surface area contributed by atoms with E-state index in [1.54, 1.807) is 44.2 Å². The van der Waals surface area contributed by atoms with E-state index >= 15 is 0 Å². The Morgan fingerprint density at radius 2 is 1.71 bits per heavy atom. The molecule has 0 aliphatic heterocycles. The van der Waals surface area contributed by atoms with Crippen molar-refractivity contribution in [3.63, 3.8) is 0 Å². The number of aryl methyl sites for hydroxylation is 1. The third-order valence-electron chi connectivity index (χ3n) is 3.71. The molecule has 0 spiro atoms. The van der Waals surface area contributed by atoms with E-state index in [1.807, 2.05) is 6.07 Å². The van der Waals surface area contributed by atoms with Crippen LogP contribution in [0.3, 0.4) is 0 Å². The van der Waals surface area contributed by atoms with Gasteiger partial charge >= 0.3 is 0 Å². The lowest BCUT2D eigenvalue weighted by Crippen LogP contribution is -2.26. The second-order valence-electron chi connectivity index (χ2n) is 5.27. The summed E-state index contributed by atoms with van der Waals surface area (Å²) in [5.74, 6) is 2.64. The number of carbonyl (C=O) groups is 1. The van der Waals surface area contributed by atoms with Gasteiger partial charge in [0.2, 0.25) is 0 Å². The molecule has 0 aromatic heterocycles. The zero-order chi connectivity index (χ0) is 17.4. The fourth-order valence-corrected chi connectivity index (χ4v) is 3.29. The number of thioether (sulfide) groups is 1. The van der Waals surface area contributed by atoms with Crippen LogP contribution in [0.25, 0.3) is 0 Å². The van der Waals surface area contributed by atoms with Gasteiger partial charge in [0.1, 0.15) is 17.1 Å². The second kappa shape index (κ2) is 9.23. The summed E-state index contributed by atoms with van der Waals surface area (Å²) in [5, 5.41) is 2.93.